The molecule has 1 saturated heterocycles. The molecule has 2 unspecified atom stereocenters. The fraction of sp³-hybridized carbons (Fsp3) is 0.667. The summed E-state index contributed by atoms with van der Waals surface area (Å²) in [7, 11) is 0. The van der Waals surface area contributed by atoms with E-state index in [4.69, 9.17) is 4.74 Å². The smallest absolute Gasteiger partial charge is 0.330 e. The Labute approximate surface area is 87.5 Å². The van der Waals surface area contributed by atoms with Crippen molar-refractivity contribution < 1.29 is 9.53 Å². The van der Waals surface area contributed by atoms with Gasteiger partial charge in [0, 0.05) is 16.6 Å². The maximum Gasteiger partial charge on any atom is 0.330 e. The number of esters is 1. The van der Waals surface area contributed by atoms with E-state index in [-0.39, 0.29) is 5.97 Å². The zero-order chi connectivity index (χ0) is 9.84. The van der Waals surface area contributed by atoms with Crippen molar-refractivity contribution in [1.82, 2.24) is 0 Å². The first-order valence-corrected chi connectivity index (χ1v) is 6.12. The highest BCUT2D eigenvalue weighted by atomic mass is 32.2. The molecule has 0 amide bonds. The van der Waals surface area contributed by atoms with Crippen molar-refractivity contribution >= 4 is 29.5 Å². The third-order valence-electron chi connectivity index (χ3n) is 1.92. The van der Waals surface area contributed by atoms with Gasteiger partial charge in [0.2, 0.25) is 0 Å². The predicted octanol–water partition coefficient (Wildman–Crippen LogP) is 2.30. The third-order valence-corrected chi connectivity index (χ3v) is 5.32. The van der Waals surface area contributed by atoms with Gasteiger partial charge in [-0.05, 0) is 0 Å². The van der Waals surface area contributed by atoms with Gasteiger partial charge in [-0.3, -0.25) is 0 Å². The molecule has 0 radical (unpaired) electrons. The standard InChI is InChI=1S/C9H14O2S2/c1-4-8(10)11-5-9-12-6(2)7(3)13-9/h4,6-7,9H,1,5H2,2-3H3. The lowest BCUT2D eigenvalue weighted by Gasteiger charge is -2.07. The number of hydrogen-bond donors (Lipinski definition) is 0. The first-order chi connectivity index (χ1) is 6.13. The molecule has 0 saturated carbocycles. The molecule has 0 aromatic rings. The first-order valence-electron chi connectivity index (χ1n) is 4.23. The Kier molecular flexibility index (Phi) is 4.19. The SMILES string of the molecule is C=CC(=O)OCC1SC(C)C(C)S1. The van der Waals surface area contributed by atoms with E-state index in [1.165, 1.54) is 6.08 Å². The highest BCUT2D eigenvalue weighted by Gasteiger charge is 2.29. The van der Waals surface area contributed by atoms with Crippen LogP contribution in [0.3, 0.4) is 0 Å². The van der Waals surface area contributed by atoms with Crippen LogP contribution in [0.1, 0.15) is 13.8 Å². The monoisotopic (exact) mass is 218 g/mol. The van der Waals surface area contributed by atoms with Crippen LogP contribution in [0.4, 0.5) is 0 Å². The molecule has 0 N–H and O–H groups in total. The van der Waals surface area contributed by atoms with Crippen LogP contribution in [0.2, 0.25) is 0 Å². The number of carbonyl (C=O) groups is 1. The van der Waals surface area contributed by atoms with Crippen LogP contribution in [0.5, 0.6) is 0 Å². The van der Waals surface area contributed by atoms with Crippen molar-refractivity contribution in [2.75, 3.05) is 6.61 Å². The summed E-state index contributed by atoms with van der Waals surface area (Å²) < 4.78 is 5.37. The lowest BCUT2D eigenvalue weighted by atomic mass is 10.4. The topological polar surface area (TPSA) is 26.3 Å². The van der Waals surface area contributed by atoms with Crippen LogP contribution in [-0.4, -0.2) is 27.7 Å². The highest BCUT2D eigenvalue weighted by molar-refractivity contribution is 8.20. The molecule has 2 atom stereocenters. The molecule has 0 spiro atoms. The van der Waals surface area contributed by atoms with E-state index in [1.54, 1.807) is 0 Å². The molecule has 0 aromatic heterocycles. The number of hydrogen-bond acceptors (Lipinski definition) is 4. The first kappa shape index (κ1) is 11.0. The van der Waals surface area contributed by atoms with Crippen molar-refractivity contribution in [2.45, 2.75) is 28.9 Å². The second-order valence-corrected chi connectivity index (χ2v) is 6.41. The van der Waals surface area contributed by atoms with Gasteiger partial charge in [-0.2, -0.15) is 0 Å². The third kappa shape index (κ3) is 3.27. The van der Waals surface area contributed by atoms with E-state index in [2.05, 4.69) is 20.4 Å². The minimum Gasteiger partial charge on any atom is -0.460 e. The minimum atomic E-state index is -0.326. The molecule has 4 heteroatoms. The summed E-state index contributed by atoms with van der Waals surface area (Å²) >= 11 is 3.76. The molecule has 74 valence electrons. The largest absolute Gasteiger partial charge is 0.460 e. The Hall–Kier alpha value is -0.0900. The Bertz CT molecular complexity index is 196. The van der Waals surface area contributed by atoms with Crippen molar-refractivity contribution in [3.63, 3.8) is 0 Å². The Balaban J connectivity index is 2.24. The Morgan fingerprint density at radius 2 is 2.00 bits per heavy atom. The Morgan fingerprint density at radius 3 is 2.46 bits per heavy atom. The highest BCUT2D eigenvalue weighted by Crippen LogP contribution is 2.42. The lowest BCUT2D eigenvalue weighted by Crippen LogP contribution is -2.09. The van der Waals surface area contributed by atoms with Crippen LogP contribution < -0.4 is 0 Å². The fourth-order valence-corrected chi connectivity index (χ4v) is 4.41. The summed E-state index contributed by atoms with van der Waals surface area (Å²) in [4.78, 5) is 10.8. The van der Waals surface area contributed by atoms with Crippen LogP contribution >= 0.6 is 23.5 Å². The van der Waals surface area contributed by atoms with E-state index >= 15 is 0 Å². The zero-order valence-corrected chi connectivity index (χ0v) is 9.49. The summed E-state index contributed by atoms with van der Waals surface area (Å²) in [5.74, 6) is -0.326. The zero-order valence-electron chi connectivity index (χ0n) is 7.86. The Morgan fingerprint density at radius 1 is 1.46 bits per heavy atom. The molecule has 0 bridgehead atoms. The summed E-state index contributed by atoms with van der Waals surface area (Å²) in [5.41, 5.74) is 0. The van der Waals surface area contributed by atoms with Crippen molar-refractivity contribution in [1.29, 1.82) is 0 Å². The predicted molar refractivity (Wildman–Crippen MR) is 59.1 cm³/mol. The fourth-order valence-electron chi connectivity index (χ4n) is 1.02. The molecule has 1 aliphatic heterocycles. The van der Waals surface area contributed by atoms with E-state index in [1.807, 2.05) is 23.5 Å². The van der Waals surface area contributed by atoms with Crippen molar-refractivity contribution in [3.05, 3.63) is 12.7 Å². The average Bonchev–Trinajstić information content (AvgIpc) is 2.42. The number of thioether (sulfide) groups is 2. The normalized spacial score (nSPS) is 32.9. The quantitative estimate of drug-likeness (QED) is 0.536. The van der Waals surface area contributed by atoms with Gasteiger partial charge in [-0.1, -0.05) is 20.4 Å². The molecule has 1 fully saturated rings. The molecule has 2 nitrogen and oxygen atoms in total. The summed E-state index contributed by atoms with van der Waals surface area (Å²) in [6.07, 6.45) is 1.21. The van der Waals surface area contributed by atoms with E-state index in [0.29, 0.717) is 21.7 Å². The van der Waals surface area contributed by atoms with E-state index < -0.39 is 0 Å². The van der Waals surface area contributed by atoms with E-state index in [0.717, 1.165) is 0 Å². The average molecular weight is 218 g/mol. The van der Waals surface area contributed by atoms with Crippen molar-refractivity contribution in [2.24, 2.45) is 0 Å². The molecule has 1 heterocycles. The number of rotatable bonds is 3. The second-order valence-electron chi connectivity index (χ2n) is 2.95. The molecule has 0 aromatic carbocycles. The molecular formula is C9H14O2S2. The summed E-state index contributed by atoms with van der Waals surface area (Å²) in [5, 5.41) is 1.30. The van der Waals surface area contributed by atoms with Gasteiger partial charge in [0.05, 0.1) is 4.58 Å². The maximum atomic E-state index is 10.8. The molecule has 13 heavy (non-hydrogen) atoms. The van der Waals surface area contributed by atoms with Crippen LogP contribution in [0.15, 0.2) is 12.7 Å². The van der Waals surface area contributed by atoms with Crippen molar-refractivity contribution in [3.8, 4) is 0 Å². The van der Waals surface area contributed by atoms with Gasteiger partial charge in [0.25, 0.3) is 0 Å². The molecular weight excluding hydrogens is 204 g/mol. The second kappa shape index (κ2) is 4.96. The lowest BCUT2D eigenvalue weighted by molar-refractivity contribution is -0.137. The minimum absolute atomic E-state index is 0.326. The summed E-state index contributed by atoms with van der Waals surface area (Å²) in [6, 6.07) is 0. The van der Waals surface area contributed by atoms with E-state index in [9.17, 15) is 4.79 Å². The van der Waals surface area contributed by atoms with Crippen LogP contribution in [0, 0.1) is 0 Å². The number of ether oxygens (including phenoxy) is 1. The molecule has 0 aliphatic carbocycles. The van der Waals surface area contributed by atoms with Gasteiger partial charge in [0.15, 0.2) is 0 Å². The van der Waals surface area contributed by atoms with Crippen LogP contribution in [0.25, 0.3) is 0 Å². The van der Waals surface area contributed by atoms with Gasteiger partial charge >= 0.3 is 5.97 Å². The van der Waals surface area contributed by atoms with Gasteiger partial charge in [-0.15, -0.1) is 23.5 Å². The maximum absolute atomic E-state index is 10.8. The molecule has 1 rings (SSSR count). The number of carbonyl (C=O) groups excluding carboxylic acids is 1. The summed E-state index contributed by atoms with van der Waals surface area (Å²) in [6.45, 7) is 8.25. The van der Waals surface area contributed by atoms with Gasteiger partial charge in [-0.25, -0.2) is 4.79 Å². The molecule has 1 aliphatic rings. The van der Waals surface area contributed by atoms with Crippen LogP contribution in [-0.2, 0) is 9.53 Å². The van der Waals surface area contributed by atoms with Gasteiger partial charge in [0.1, 0.15) is 6.61 Å². The van der Waals surface area contributed by atoms with Gasteiger partial charge < -0.3 is 4.74 Å².